The summed E-state index contributed by atoms with van der Waals surface area (Å²) in [5.74, 6) is 0. The van der Waals surface area contributed by atoms with E-state index in [0.29, 0.717) is 5.02 Å². The summed E-state index contributed by atoms with van der Waals surface area (Å²) >= 11 is 5.89. The first kappa shape index (κ1) is 6.68. The van der Waals surface area contributed by atoms with Gasteiger partial charge in [0.2, 0.25) is 0 Å². The van der Waals surface area contributed by atoms with E-state index in [1.165, 1.54) is 0 Å². The zero-order chi connectivity index (χ0) is 7.84. The van der Waals surface area contributed by atoms with Crippen LogP contribution < -0.4 is 0 Å². The molecule has 1 aromatic heterocycles. The Morgan fingerprint density at radius 2 is 2.27 bits per heavy atom. The van der Waals surface area contributed by atoms with E-state index in [1.54, 1.807) is 4.68 Å². The molecule has 1 heterocycles. The largest absolute Gasteiger partial charge is 0.275 e. The zero-order valence-corrected chi connectivity index (χ0v) is 6.84. The monoisotopic (exact) mass is 166 g/mol. The van der Waals surface area contributed by atoms with Crippen molar-refractivity contribution in [3.63, 3.8) is 0 Å². The fourth-order valence-electron chi connectivity index (χ4n) is 1.13. The molecule has 0 spiro atoms. The molecule has 0 aliphatic carbocycles. The maximum Gasteiger partial charge on any atom is 0.111 e. The Balaban J connectivity index is 2.90. The summed E-state index contributed by atoms with van der Waals surface area (Å²) < 4.78 is 1.76. The predicted octanol–water partition coefficient (Wildman–Crippen LogP) is 2.23. The summed E-state index contributed by atoms with van der Waals surface area (Å²) in [5.41, 5.74) is 0.872. The van der Waals surface area contributed by atoms with Gasteiger partial charge < -0.3 is 0 Å². The summed E-state index contributed by atoms with van der Waals surface area (Å²) in [5, 5.41) is 5.99. The van der Waals surface area contributed by atoms with E-state index in [-0.39, 0.29) is 0 Å². The van der Waals surface area contributed by atoms with Gasteiger partial charge in [0.25, 0.3) is 0 Å². The highest BCUT2D eigenvalue weighted by atomic mass is 35.5. The van der Waals surface area contributed by atoms with Crippen molar-refractivity contribution in [2.24, 2.45) is 7.05 Å². The average molecular weight is 167 g/mol. The van der Waals surface area contributed by atoms with Crippen molar-refractivity contribution in [3.05, 3.63) is 29.4 Å². The molecule has 1 aromatic carbocycles. The highest BCUT2D eigenvalue weighted by molar-refractivity contribution is 6.34. The first-order chi connectivity index (χ1) is 5.27. The molecule has 0 amide bonds. The number of hydrogen-bond acceptors (Lipinski definition) is 1. The first-order valence-corrected chi connectivity index (χ1v) is 3.73. The number of halogens is 1. The third-order valence-electron chi connectivity index (χ3n) is 1.60. The third kappa shape index (κ3) is 0.994. The topological polar surface area (TPSA) is 17.8 Å². The molecule has 0 aliphatic heterocycles. The molecule has 0 saturated carbocycles. The van der Waals surface area contributed by atoms with Crippen LogP contribution in [0.4, 0.5) is 0 Å². The second-order valence-electron chi connectivity index (χ2n) is 2.48. The Kier molecular flexibility index (Phi) is 1.36. The molecule has 2 rings (SSSR count). The summed E-state index contributed by atoms with van der Waals surface area (Å²) in [4.78, 5) is 0. The molecule has 0 fully saturated rings. The summed E-state index contributed by atoms with van der Waals surface area (Å²) in [6.45, 7) is 0. The molecule has 0 saturated heterocycles. The van der Waals surface area contributed by atoms with Crippen molar-refractivity contribution in [1.29, 1.82) is 0 Å². The Morgan fingerprint density at radius 3 is 3.00 bits per heavy atom. The maximum absolute atomic E-state index is 5.89. The summed E-state index contributed by atoms with van der Waals surface area (Å²) in [7, 11) is 1.89. The van der Waals surface area contributed by atoms with Crippen LogP contribution in [-0.4, -0.2) is 9.78 Å². The quantitative estimate of drug-likeness (QED) is 0.587. The van der Waals surface area contributed by atoms with E-state index in [1.807, 2.05) is 31.4 Å². The number of fused-ring (bicyclic) bond motifs is 1. The van der Waals surface area contributed by atoms with Crippen molar-refractivity contribution in [2.45, 2.75) is 0 Å². The van der Waals surface area contributed by atoms with Gasteiger partial charge in [0, 0.05) is 18.6 Å². The molecule has 0 aliphatic rings. The second kappa shape index (κ2) is 2.24. The van der Waals surface area contributed by atoms with Gasteiger partial charge in [0.1, 0.15) is 5.52 Å². The number of hydrogen-bond donors (Lipinski definition) is 0. The third-order valence-corrected chi connectivity index (χ3v) is 1.91. The van der Waals surface area contributed by atoms with Gasteiger partial charge in [-0.1, -0.05) is 23.7 Å². The van der Waals surface area contributed by atoms with E-state index in [2.05, 4.69) is 5.10 Å². The minimum absolute atomic E-state index is 0.711. The molecule has 2 aromatic rings. The fraction of sp³-hybridized carbons (Fsp3) is 0.125. The van der Waals surface area contributed by atoms with E-state index in [0.717, 1.165) is 10.9 Å². The maximum atomic E-state index is 5.89. The van der Waals surface area contributed by atoms with Gasteiger partial charge in [-0.3, -0.25) is 4.68 Å². The van der Waals surface area contributed by atoms with Crippen molar-refractivity contribution in [1.82, 2.24) is 9.78 Å². The van der Waals surface area contributed by atoms with Crippen LogP contribution >= 0.6 is 11.6 Å². The number of nitrogens with zero attached hydrogens (tertiary/aromatic N) is 2. The van der Waals surface area contributed by atoms with Crippen LogP contribution in [-0.2, 0) is 7.05 Å². The van der Waals surface area contributed by atoms with E-state index < -0.39 is 0 Å². The zero-order valence-electron chi connectivity index (χ0n) is 6.08. The van der Waals surface area contributed by atoms with Gasteiger partial charge in [-0.15, -0.1) is 0 Å². The smallest absolute Gasteiger partial charge is 0.111 e. The normalized spacial score (nSPS) is 10.7. The first-order valence-electron chi connectivity index (χ1n) is 3.35. The van der Waals surface area contributed by atoms with Gasteiger partial charge >= 0.3 is 0 Å². The molecule has 0 radical (unpaired) electrons. The Bertz CT molecular complexity index is 392. The number of benzene rings is 1. The van der Waals surface area contributed by atoms with Gasteiger partial charge in [-0.2, -0.15) is 5.10 Å². The van der Waals surface area contributed by atoms with Gasteiger partial charge in [0.05, 0.1) is 5.02 Å². The minimum atomic E-state index is 0.711. The van der Waals surface area contributed by atoms with Crippen LogP contribution in [0.5, 0.6) is 0 Å². The molecule has 11 heavy (non-hydrogen) atoms. The van der Waals surface area contributed by atoms with Crippen molar-refractivity contribution >= 4 is 22.5 Å². The molecule has 3 heteroatoms. The molecule has 2 nitrogen and oxygen atoms in total. The summed E-state index contributed by atoms with van der Waals surface area (Å²) in [6.07, 6.45) is 1.95. The van der Waals surface area contributed by atoms with Crippen LogP contribution in [0.25, 0.3) is 10.9 Å². The predicted molar refractivity (Wildman–Crippen MR) is 45.7 cm³/mol. The second-order valence-corrected chi connectivity index (χ2v) is 2.89. The lowest BCUT2D eigenvalue weighted by Gasteiger charge is -1.87. The van der Waals surface area contributed by atoms with Crippen LogP contribution in [0.3, 0.4) is 0 Å². The number of aromatic nitrogens is 2. The summed E-state index contributed by atoms with van der Waals surface area (Å²) in [6, 6.07) is 5.76. The molecule has 0 N–H and O–H groups in total. The lowest BCUT2D eigenvalue weighted by atomic mass is 10.3. The molecule has 56 valence electrons. The van der Waals surface area contributed by atoms with Crippen LogP contribution in [0.1, 0.15) is 0 Å². The van der Waals surface area contributed by atoms with Crippen molar-refractivity contribution in [2.75, 3.05) is 0 Å². The van der Waals surface area contributed by atoms with E-state index in [9.17, 15) is 0 Å². The molecule has 0 atom stereocenters. The van der Waals surface area contributed by atoms with Gasteiger partial charge in [-0.25, -0.2) is 0 Å². The molecular formula is C8H7ClN2. The lowest BCUT2D eigenvalue weighted by molar-refractivity contribution is 0.780. The van der Waals surface area contributed by atoms with Crippen LogP contribution in [0, 0.1) is 0 Å². The molecule has 0 bridgehead atoms. The average Bonchev–Trinajstić information content (AvgIpc) is 2.31. The Labute approximate surface area is 69.4 Å². The highest BCUT2D eigenvalue weighted by Gasteiger charge is 2.00. The SMILES string of the molecule is Cn1cc2cccc(Cl)c2n1. The van der Waals surface area contributed by atoms with Crippen molar-refractivity contribution < 1.29 is 0 Å². The molecule has 0 unspecified atom stereocenters. The van der Waals surface area contributed by atoms with E-state index >= 15 is 0 Å². The Hall–Kier alpha value is -1.02. The van der Waals surface area contributed by atoms with Gasteiger partial charge in [0.15, 0.2) is 0 Å². The highest BCUT2D eigenvalue weighted by Crippen LogP contribution is 2.20. The number of rotatable bonds is 0. The van der Waals surface area contributed by atoms with Crippen LogP contribution in [0.2, 0.25) is 5.02 Å². The van der Waals surface area contributed by atoms with Crippen LogP contribution in [0.15, 0.2) is 24.4 Å². The van der Waals surface area contributed by atoms with E-state index in [4.69, 9.17) is 11.6 Å². The molecular weight excluding hydrogens is 160 g/mol. The van der Waals surface area contributed by atoms with Gasteiger partial charge in [-0.05, 0) is 6.07 Å². The lowest BCUT2D eigenvalue weighted by Crippen LogP contribution is -1.84. The fourth-order valence-corrected chi connectivity index (χ4v) is 1.35. The van der Waals surface area contributed by atoms with Crippen molar-refractivity contribution in [3.8, 4) is 0 Å². The Morgan fingerprint density at radius 1 is 1.45 bits per heavy atom. The standard InChI is InChI=1S/C8H7ClN2/c1-11-5-6-3-2-4-7(9)8(6)10-11/h2-5H,1H3. The number of aryl methyl sites for hydroxylation is 1. The minimum Gasteiger partial charge on any atom is -0.275 e.